The predicted molar refractivity (Wildman–Crippen MR) is 59.0 cm³/mol. The van der Waals surface area contributed by atoms with Crippen LogP contribution in [0.15, 0.2) is 11.6 Å². The van der Waals surface area contributed by atoms with Gasteiger partial charge in [0.15, 0.2) is 0 Å². The van der Waals surface area contributed by atoms with Crippen LogP contribution in [0.3, 0.4) is 0 Å². The Morgan fingerprint density at radius 2 is 2.00 bits per heavy atom. The molecule has 0 bridgehead atoms. The minimum Gasteiger partial charge on any atom is -0.309 e. The highest BCUT2D eigenvalue weighted by atomic mass is 35.5. The van der Waals surface area contributed by atoms with Crippen LogP contribution in [0.25, 0.3) is 0 Å². The summed E-state index contributed by atoms with van der Waals surface area (Å²) in [4.78, 5) is 0. The van der Waals surface area contributed by atoms with Gasteiger partial charge in [0.05, 0.1) is 0 Å². The van der Waals surface area contributed by atoms with E-state index < -0.39 is 0 Å². The van der Waals surface area contributed by atoms with E-state index in [0.717, 1.165) is 17.5 Å². The van der Waals surface area contributed by atoms with Gasteiger partial charge in [0.1, 0.15) is 0 Å². The van der Waals surface area contributed by atoms with Gasteiger partial charge in [-0.2, -0.15) is 0 Å². The second-order valence-electron chi connectivity index (χ2n) is 4.02. The second kappa shape index (κ2) is 5.66. The Labute approximate surface area is 86.5 Å². The summed E-state index contributed by atoms with van der Waals surface area (Å²) in [7, 11) is 0. The van der Waals surface area contributed by atoms with Crippen LogP contribution < -0.4 is 5.32 Å². The van der Waals surface area contributed by atoms with E-state index in [1.54, 1.807) is 0 Å². The Morgan fingerprint density at radius 1 is 1.38 bits per heavy atom. The maximum Gasteiger partial charge on any atom is 0.0310 e. The van der Waals surface area contributed by atoms with Crippen molar-refractivity contribution in [2.75, 3.05) is 6.54 Å². The fourth-order valence-corrected chi connectivity index (χ4v) is 2.11. The highest BCUT2D eigenvalue weighted by Crippen LogP contribution is 2.26. The van der Waals surface area contributed by atoms with Gasteiger partial charge in [-0.25, -0.2) is 0 Å². The summed E-state index contributed by atoms with van der Waals surface area (Å²) in [5.41, 5.74) is 0. The minimum absolute atomic E-state index is 0.679. The normalized spacial score (nSPS) is 28.8. The first kappa shape index (κ1) is 11.1. The standard InChI is InChI=1S/C11H20ClN/c1-3-10-4-6-11(7-5-10)13-8-9(2)12/h10-11,13H,2-8H2,1H3. The lowest BCUT2D eigenvalue weighted by Gasteiger charge is -2.28. The van der Waals surface area contributed by atoms with Gasteiger partial charge in [0.25, 0.3) is 0 Å². The molecule has 1 saturated carbocycles. The molecule has 0 spiro atoms. The Kier molecular flexibility index (Phi) is 4.82. The molecule has 1 fully saturated rings. The van der Waals surface area contributed by atoms with E-state index in [2.05, 4.69) is 18.8 Å². The first-order valence-electron chi connectivity index (χ1n) is 5.29. The van der Waals surface area contributed by atoms with Gasteiger partial charge < -0.3 is 5.32 Å². The fraction of sp³-hybridized carbons (Fsp3) is 0.818. The summed E-state index contributed by atoms with van der Waals surface area (Å²) in [6.07, 6.45) is 6.71. The number of hydrogen-bond acceptors (Lipinski definition) is 1. The van der Waals surface area contributed by atoms with Gasteiger partial charge in [0, 0.05) is 17.6 Å². The molecule has 0 radical (unpaired) electrons. The van der Waals surface area contributed by atoms with Crippen LogP contribution in [0.1, 0.15) is 39.0 Å². The van der Waals surface area contributed by atoms with Crippen LogP contribution in [0.5, 0.6) is 0 Å². The first-order chi connectivity index (χ1) is 6.22. The highest BCUT2D eigenvalue weighted by molar-refractivity contribution is 6.29. The van der Waals surface area contributed by atoms with E-state index in [1.165, 1.54) is 32.1 Å². The Balaban J connectivity index is 2.14. The molecule has 0 aromatic rings. The van der Waals surface area contributed by atoms with Crippen molar-refractivity contribution >= 4 is 11.6 Å². The summed E-state index contributed by atoms with van der Waals surface area (Å²) in [6, 6.07) is 0.679. The van der Waals surface area contributed by atoms with Crippen LogP contribution >= 0.6 is 11.6 Å². The molecular formula is C11H20ClN. The number of rotatable bonds is 4. The Hall–Kier alpha value is -0.0100. The average Bonchev–Trinajstić information content (AvgIpc) is 2.15. The molecule has 0 unspecified atom stereocenters. The summed E-state index contributed by atoms with van der Waals surface area (Å²) >= 11 is 5.70. The van der Waals surface area contributed by atoms with E-state index in [1.807, 2.05) is 0 Å². The van der Waals surface area contributed by atoms with Crippen LogP contribution in [-0.2, 0) is 0 Å². The zero-order valence-corrected chi connectivity index (χ0v) is 9.24. The van der Waals surface area contributed by atoms with E-state index >= 15 is 0 Å². The average molecular weight is 202 g/mol. The molecule has 0 aliphatic heterocycles. The quantitative estimate of drug-likeness (QED) is 0.736. The molecule has 1 aliphatic carbocycles. The summed E-state index contributed by atoms with van der Waals surface area (Å²) in [5.74, 6) is 0.970. The molecule has 0 amide bonds. The Bertz CT molecular complexity index is 159. The molecule has 13 heavy (non-hydrogen) atoms. The van der Waals surface area contributed by atoms with Crippen LogP contribution in [-0.4, -0.2) is 12.6 Å². The van der Waals surface area contributed by atoms with Crippen LogP contribution in [0.4, 0.5) is 0 Å². The molecule has 0 atom stereocenters. The number of hydrogen-bond donors (Lipinski definition) is 1. The van der Waals surface area contributed by atoms with Gasteiger partial charge in [0.2, 0.25) is 0 Å². The van der Waals surface area contributed by atoms with Crippen molar-refractivity contribution in [3.8, 4) is 0 Å². The van der Waals surface area contributed by atoms with Crippen molar-refractivity contribution in [2.45, 2.75) is 45.1 Å². The van der Waals surface area contributed by atoms with Crippen LogP contribution in [0.2, 0.25) is 0 Å². The smallest absolute Gasteiger partial charge is 0.0310 e. The van der Waals surface area contributed by atoms with E-state index in [9.17, 15) is 0 Å². The van der Waals surface area contributed by atoms with Crippen molar-refractivity contribution in [2.24, 2.45) is 5.92 Å². The molecule has 0 aromatic carbocycles. The zero-order valence-electron chi connectivity index (χ0n) is 8.48. The Morgan fingerprint density at radius 3 is 2.46 bits per heavy atom. The van der Waals surface area contributed by atoms with Crippen molar-refractivity contribution < 1.29 is 0 Å². The van der Waals surface area contributed by atoms with E-state index in [-0.39, 0.29) is 0 Å². The largest absolute Gasteiger partial charge is 0.309 e. The number of halogens is 1. The lowest BCUT2D eigenvalue weighted by molar-refractivity contribution is 0.291. The first-order valence-corrected chi connectivity index (χ1v) is 5.66. The third-order valence-electron chi connectivity index (χ3n) is 3.01. The summed E-state index contributed by atoms with van der Waals surface area (Å²) in [6.45, 7) is 6.73. The molecule has 2 heteroatoms. The van der Waals surface area contributed by atoms with Crippen LogP contribution in [0, 0.1) is 5.92 Å². The van der Waals surface area contributed by atoms with Crippen molar-refractivity contribution in [1.82, 2.24) is 5.32 Å². The van der Waals surface area contributed by atoms with Gasteiger partial charge in [-0.1, -0.05) is 31.5 Å². The van der Waals surface area contributed by atoms with Gasteiger partial charge in [-0.3, -0.25) is 0 Å². The predicted octanol–water partition coefficient (Wildman–Crippen LogP) is 3.30. The molecule has 1 aliphatic rings. The third kappa shape index (κ3) is 4.15. The number of nitrogens with one attached hydrogen (secondary N) is 1. The minimum atomic E-state index is 0.679. The van der Waals surface area contributed by atoms with Crippen molar-refractivity contribution in [3.63, 3.8) is 0 Å². The van der Waals surface area contributed by atoms with E-state index in [4.69, 9.17) is 11.6 Å². The molecule has 1 N–H and O–H groups in total. The molecule has 0 saturated heterocycles. The van der Waals surface area contributed by atoms with Gasteiger partial charge >= 0.3 is 0 Å². The SMILES string of the molecule is C=C(Cl)CNC1CCC(CC)CC1. The molecule has 0 aromatic heterocycles. The lowest BCUT2D eigenvalue weighted by Crippen LogP contribution is -2.33. The maximum absolute atomic E-state index is 5.70. The molecule has 0 heterocycles. The van der Waals surface area contributed by atoms with Crippen molar-refractivity contribution in [1.29, 1.82) is 0 Å². The highest BCUT2D eigenvalue weighted by Gasteiger charge is 2.18. The van der Waals surface area contributed by atoms with Crippen molar-refractivity contribution in [3.05, 3.63) is 11.6 Å². The zero-order chi connectivity index (χ0) is 9.68. The lowest BCUT2D eigenvalue weighted by atomic mass is 9.84. The second-order valence-corrected chi connectivity index (χ2v) is 4.56. The maximum atomic E-state index is 5.70. The van der Waals surface area contributed by atoms with Gasteiger partial charge in [-0.05, 0) is 31.6 Å². The molecule has 76 valence electrons. The summed E-state index contributed by atoms with van der Waals surface area (Å²) in [5, 5.41) is 4.15. The third-order valence-corrected chi connectivity index (χ3v) is 3.14. The summed E-state index contributed by atoms with van der Waals surface area (Å²) < 4.78 is 0. The molecule has 1 nitrogen and oxygen atoms in total. The fourth-order valence-electron chi connectivity index (χ4n) is 2.03. The topological polar surface area (TPSA) is 12.0 Å². The van der Waals surface area contributed by atoms with E-state index in [0.29, 0.717) is 6.04 Å². The molecular weight excluding hydrogens is 182 g/mol. The molecule has 1 rings (SSSR count). The van der Waals surface area contributed by atoms with Gasteiger partial charge in [-0.15, -0.1) is 0 Å². The monoisotopic (exact) mass is 201 g/mol.